The van der Waals surface area contributed by atoms with Gasteiger partial charge in [-0.15, -0.1) is 0 Å². The van der Waals surface area contributed by atoms with Gasteiger partial charge in [0.15, 0.2) is 0 Å². The van der Waals surface area contributed by atoms with Crippen LogP contribution in [0, 0.1) is 13.8 Å². The Bertz CT molecular complexity index is 764. The minimum absolute atomic E-state index is 0.231. The van der Waals surface area contributed by atoms with Crippen LogP contribution in [0.1, 0.15) is 46.0 Å². The van der Waals surface area contributed by atoms with Crippen molar-refractivity contribution in [3.05, 3.63) is 51.3 Å². The molecule has 1 N–H and O–H groups in total. The number of esters is 1. The summed E-state index contributed by atoms with van der Waals surface area (Å²) >= 11 is 3.37. The molecule has 0 aliphatic rings. The summed E-state index contributed by atoms with van der Waals surface area (Å²) in [5, 5.41) is 2.88. The Balaban J connectivity index is 2.40. The number of benzene rings is 1. The number of anilines is 1. The van der Waals surface area contributed by atoms with E-state index in [1.807, 2.05) is 42.7 Å². The van der Waals surface area contributed by atoms with E-state index in [0.717, 1.165) is 10.2 Å². The Kier molecular flexibility index (Phi) is 5.83. The molecule has 0 unspecified atom stereocenters. The lowest BCUT2D eigenvalue weighted by Crippen LogP contribution is -2.14. The van der Waals surface area contributed by atoms with Gasteiger partial charge in [-0.25, -0.2) is 4.79 Å². The summed E-state index contributed by atoms with van der Waals surface area (Å²) in [6.07, 6.45) is 0. The molecule has 6 heteroatoms. The van der Waals surface area contributed by atoms with Crippen molar-refractivity contribution < 1.29 is 14.3 Å². The number of halogens is 1. The summed E-state index contributed by atoms with van der Waals surface area (Å²) in [6.45, 7) is 8.21. The van der Waals surface area contributed by atoms with E-state index in [4.69, 9.17) is 4.74 Å². The zero-order chi connectivity index (χ0) is 17.9. The van der Waals surface area contributed by atoms with Crippen LogP contribution in [-0.4, -0.2) is 23.1 Å². The van der Waals surface area contributed by atoms with Crippen molar-refractivity contribution in [3.8, 4) is 0 Å². The first kappa shape index (κ1) is 18.3. The van der Waals surface area contributed by atoms with Crippen LogP contribution in [-0.2, 0) is 11.3 Å². The lowest BCUT2D eigenvalue weighted by Gasteiger charge is -2.08. The average molecular weight is 393 g/mol. The highest BCUT2D eigenvalue weighted by molar-refractivity contribution is 9.10. The molecule has 5 nitrogen and oxygen atoms in total. The van der Waals surface area contributed by atoms with Crippen LogP contribution >= 0.6 is 15.9 Å². The molecular weight excluding hydrogens is 372 g/mol. The van der Waals surface area contributed by atoms with Crippen molar-refractivity contribution in [2.75, 3.05) is 11.9 Å². The number of hydrogen-bond acceptors (Lipinski definition) is 3. The average Bonchev–Trinajstić information content (AvgIpc) is 2.80. The molecule has 0 fully saturated rings. The molecule has 0 saturated heterocycles. The molecule has 0 atom stereocenters. The fraction of sp³-hybridized carbons (Fsp3) is 0.333. The van der Waals surface area contributed by atoms with E-state index in [2.05, 4.69) is 21.2 Å². The number of ether oxygens (including phenoxy) is 1. The molecule has 0 saturated carbocycles. The van der Waals surface area contributed by atoms with Gasteiger partial charge in [-0.05, 0) is 57.5 Å². The summed E-state index contributed by atoms with van der Waals surface area (Å²) in [7, 11) is 0. The van der Waals surface area contributed by atoms with Gasteiger partial charge in [-0.1, -0.05) is 15.9 Å². The van der Waals surface area contributed by atoms with E-state index in [1.54, 1.807) is 13.8 Å². The lowest BCUT2D eigenvalue weighted by molar-refractivity contribution is 0.0512. The van der Waals surface area contributed by atoms with Crippen molar-refractivity contribution in [3.63, 3.8) is 0 Å². The van der Waals surface area contributed by atoms with E-state index in [9.17, 15) is 9.59 Å². The van der Waals surface area contributed by atoms with Crippen molar-refractivity contribution in [2.24, 2.45) is 0 Å². The molecule has 24 heavy (non-hydrogen) atoms. The van der Waals surface area contributed by atoms with Crippen LogP contribution in [0.3, 0.4) is 0 Å². The van der Waals surface area contributed by atoms with Crippen molar-refractivity contribution >= 4 is 33.5 Å². The van der Waals surface area contributed by atoms with E-state index in [1.165, 1.54) is 0 Å². The number of carbonyl (C=O) groups is 2. The van der Waals surface area contributed by atoms with Crippen LogP contribution in [0.4, 0.5) is 5.69 Å². The Labute approximate surface area is 150 Å². The fourth-order valence-corrected chi connectivity index (χ4v) is 3.08. The fourth-order valence-electron chi connectivity index (χ4n) is 2.81. The standard InChI is InChI=1S/C18H21BrN2O3/c1-5-21-12(4)15(11(3)16(21)18(23)24-6-2)17(22)20-14-9-7-13(19)8-10-14/h7-10H,5-6H2,1-4H3,(H,20,22). The molecule has 1 heterocycles. The minimum Gasteiger partial charge on any atom is -0.461 e. The number of rotatable bonds is 5. The van der Waals surface area contributed by atoms with Crippen LogP contribution in [0.15, 0.2) is 28.7 Å². The SMILES string of the molecule is CCOC(=O)c1c(C)c(C(=O)Nc2ccc(Br)cc2)c(C)n1CC. The lowest BCUT2D eigenvalue weighted by atomic mass is 10.1. The molecule has 2 rings (SSSR count). The normalized spacial score (nSPS) is 10.5. The molecule has 0 spiro atoms. The van der Waals surface area contributed by atoms with Crippen molar-refractivity contribution in [1.82, 2.24) is 4.57 Å². The quantitative estimate of drug-likeness (QED) is 0.770. The van der Waals surface area contributed by atoms with Crippen molar-refractivity contribution in [2.45, 2.75) is 34.2 Å². The third-order valence-electron chi connectivity index (χ3n) is 3.88. The van der Waals surface area contributed by atoms with Gasteiger partial charge in [0.05, 0.1) is 12.2 Å². The number of aromatic nitrogens is 1. The van der Waals surface area contributed by atoms with E-state index < -0.39 is 5.97 Å². The van der Waals surface area contributed by atoms with Gasteiger partial charge in [0.2, 0.25) is 0 Å². The summed E-state index contributed by atoms with van der Waals surface area (Å²) in [5.74, 6) is -0.632. The van der Waals surface area contributed by atoms with E-state index in [-0.39, 0.29) is 5.91 Å². The maximum Gasteiger partial charge on any atom is 0.355 e. The molecule has 1 aromatic carbocycles. The van der Waals surface area contributed by atoms with Crippen LogP contribution in [0.25, 0.3) is 0 Å². The Hall–Kier alpha value is -2.08. The molecule has 1 aromatic heterocycles. The zero-order valence-corrected chi connectivity index (χ0v) is 15.9. The second-order valence-corrected chi connectivity index (χ2v) is 6.28. The Morgan fingerprint density at radius 2 is 1.79 bits per heavy atom. The van der Waals surface area contributed by atoms with E-state index in [0.29, 0.717) is 35.7 Å². The number of nitrogens with zero attached hydrogens (tertiary/aromatic N) is 1. The Morgan fingerprint density at radius 1 is 1.17 bits per heavy atom. The third kappa shape index (κ3) is 3.53. The zero-order valence-electron chi connectivity index (χ0n) is 14.3. The molecule has 0 bridgehead atoms. The minimum atomic E-state index is -0.400. The van der Waals surface area contributed by atoms with Gasteiger partial charge in [-0.2, -0.15) is 0 Å². The van der Waals surface area contributed by atoms with Crippen LogP contribution in [0.5, 0.6) is 0 Å². The summed E-state index contributed by atoms with van der Waals surface area (Å²) in [6, 6.07) is 7.35. The van der Waals surface area contributed by atoms with Crippen molar-refractivity contribution in [1.29, 1.82) is 0 Å². The largest absolute Gasteiger partial charge is 0.461 e. The number of carbonyl (C=O) groups excluding carboxylic acids is 2. The molecule has 128 valence electrons. The number of nitrogens with one attached hydrogen (secondary N) is 1. The summed E-state index contributed by atoms with van der Waals surface area (Å²) in [4.78, 5) is 25.0. The molecule has 0 aliphatic carbocycles. The smallest absolute Gasteiger partial charge is 0.355 e. The second-order valence-electron chi connectivity index (χ2n) is 5.36. The van der Waals surface area contributed by atoms with Gasteiger partial charge in [0, 0.05) is 22.4 Å². The highest BCUT2D eigenvalue weighted by atomic mass is 79.9. The first-order chi connectivity index (χ1) is 11.4. The molecule has 0 aliphatic heterocycles. The molecule has 2 aromatic rings. The molecule has 1 amide bonds. The van der Waals surface area contributed by atoms with Gasteiger partial charge in [0.25, 0.3) is 5.91 Å². The third-order valence-corrected chi connectivity index (χ3v) is 4.41. The van der Waals surface area contributed by atoms with Crippen LogP contribution in [0.2, 0.25) is 0 Å². The number of hydrogen-bond donors (Lipinski definition) is 1. The highest BCUT2D eigenvalue weighted by Crippen LogP contribution is 2.25. The molecular formula is C18H21BrN2O3. The predicted molar refractivity (Wildman–Crippen MR) is 97.6 cm³/mol. The van der Waals surface area contributed by atoms with E-state index >= 15 is 0 Å². The predicted octanol–water partition coefficient (Wildman–Crippen LogP) is 4.32. The Morgan fingerprint density at radius 3 is 2.33 bits per heavy atom. The first-order valence-electron chi connectivity index (χ1n) is 7.84. The van der Waals surface area contributed by atoms with Crippen LogP contribution < -0.4 is 5.32 Å². The first-order valence-corrected chi connectivity index (χ1v) is 8.63. The highest BCUT2D eigenvalue weighted by Gasteiger charge is 2.26. The van der Waals surface area contributed by atoms with Gasteiger partial charge in [-0.3, -0.25) is 4.79 Å². The summed E-state index contributed by atoms with van der Waals surface area (Å²) < 4.78 is 7.90. The molecule has 0 radical (unpaired) electrons. The summed E-state index contributed by atoms with van der Waals surface area (Å²) in [5.41, 5.74) is 3.06. The van der Waals surface area contributed by atoms with Gasteiger partial charge in [0.1, 0.15) is 5.69 Å². The second kappa shape index (κ2) is 7.66. The topological polar surface area (TPSA) is 60.3 Å². The van der Waals surface area contributed by atoms with Gasteiger partial charge >= 0.3 is 5.97 Å². The van der Waals surface area contributed by atoms with Gasteiger partial charge < -0.3 is 14.6 Å². The maximum absolute atomic E-state index is 12.7. The maximum atomic E-state index is 12.7. The number of amides is 1. The monoisotopic (exact) mass is 392 g/mol.